The molecule has 1 amide bonds. The Morgan fingerprint density at radius 2 is 2.19 bits per heavy atom. The van der Waals surface area contributed by atoms with Crippen LogP contribution in [0.4, 0.5) is 0 Å². The summed E-state index contributed by atoms with van der Waals surface area (Å²) in [4.78, 5) is 13.1. The molecule has 0 N–H and O–H groups in total. The fourth-order valence-electron chi connectivity index (χ4n) is 2.26. The highest BCUT2D eigenvalue weighted by atomic mass is 32.2. The Morgan fingerprint density at radius 1 is 1.44 bits per heavy atom. The molecule has 7 heteroatoms. The molecule has 88 valence electrons. The summed E-state index contributed by atoms with van der Waals surface area (Å²) in [5.74, 6) is -0.365. The molecule has 0 aromatic rings. The number of carbonyl (C=O) groups excluding carboxylic acids is 1. The summed E-state index contributed by atoms with van der Waals surface area (Å²) < 4.78 is 24.6. The zero-order valence-corrected chi connectivity index (χ0v) is 9.61. The van der Waals surface area contributed by atoms with Crippen LogP contribution < -0.4 is 0 Å². The molecule has 6 nitrogen and oxygen atoms in total. The van der Waals surface area contributed by atoms with Crippen LogP contribution >= 0.6 is 0 Å². The maximum absolute atomic E-state index is 11.7. The summed E-state index contributed by atoms with van der Waals surface area (Å²) in [5, 5.41) is 8.44. The van der Waals surface area contributed by atoms with Gasteiger partial charge in [0.05, 0.1) is 6.07 Å². The Kier molecular flexibility index (Phi) is 2.86. The van der Waals surface area contributed by atoms with E-state index in [0.717, 1.165) is 6.42 Å². The van der Waals surface area contributed by atoms with Gasteiger partial charge in [0.1, 0.15) is 0 Å². The minimum Gasteiger partial charge on any atom is -0.337 e. The Hall–Kier alpha value is -1.13. The Morgan fingerprint density at radius 3 is 2.88 bits per heavy atom. The SMILES string of the molecule is N#CCS(=O)(=O)N1CCN2C(=O)CCC2C1. The van der Waals surface area contributed by atoms with Crippen molar-refractivity contribution in [3.63, 3.8) is 0 Å². The number of nitriles is 1. The standard InChI is InChI=1S/C9H13N3O3S/c10-3-6-16(14,15)11-4-5-12-8(7-11)1-2-9(12)13/h8H,1-2,4-7H2. The van der Waals surface area contributed by atoms with Gasteiger partial charge in [0.15, 0.2) is 5.75 Å². The average molecular weight is 243 g/mol. The number of carbonyl (C=O) groups is 1. The van der Waals surface area contributed by atoms with Crippen molar-refractivity contribution in [1.29, 1.82) is 5.26 Å². The van der Waals surface area contributed by atoms with E-state index in [0.29, 0.717) is 26.1 Å². The van der Waals surface area contributed by atoms with E-state index in [1.54, 1.807) is 11.0 Å². The zero-order valence-electron chi connectivity index (χ0n) is 8.79. The van der Waals surface area contributed by atoms with Gasteiger partial charge < -0.3 is 4.90 Å². The maximum atomic E-state index is 11.7. The average Bonchev–Trinajstić information content (AvgIpc) is 2.60. The molecule has 2 heterocycles. The second-order valence-corrected chi connectivity index (χ2v) is 6.02. The predicted octanol–water partition coefficient (Wildman–Crippen LogP) is -0.854. The highest BCUT2D eigenvalue weighted by Crippen LogP contribution is 2.24. The van der Waals surface area contributed by atoms with E-state index >= 15 is 0 Å². The van der Waals surface area contributed by atoms with Crippen molar-refractivity contribution in [1.82, 2.24) is 9.21 Å². The van der Waals surface area contributed by atoms with Crippen LogP contribution in [-0.4, -0.2) is 55.0 Å². The summed E-state index contributed by atoms with van der Waals surface area (Å²) in [6, 6.07) is 1.67. The van der Waals surface area contributed by atoms with Crippen molar-refractivity contribution >= 4 is 15.9 Å². The molecule has 0 spiro atoms. The number of sulfonamides is 1. The molecule has 2 aliphatic heterocycles. The number of piperazine rings is 1. The fourth-order valence-corrected chi connectivity index (χ4v) is 3.37. The number of hydrogen-bond acceptors (Lipinski definition) is 4. The van der Waals surface area contributed by atoms with Gasteiger partial charge in [0, 0.05) is 32.1 Å². The molecule has 0 aliphatic carbocycles. The largest absolute Gasteiger partial charge is 0.337 e. The first-order chi connectivity index (χ1) is 7.54. The van der Waals surface area contributed by atoms with Gasteiger partial charge in [-0.15, -0.1) is 0 Å². The Labute approximate surface area is 94.5 Å². The molecule has 0 bridgehead atoms. The van der Waals surface area contributed by atoms with E-state index in [2.05, 4.69) is 0 Å². The molecule has 1 unspecified atom stereocenters. The second-order valence-electron chi connectivity index (χ2n) is 4.05. The van der Waals surface area contributed by atoms with Crippen LogP contribution in [0.25, 0.3) is 0 Å². The van der Waals surface area contributed by atoms with Crippen LogP contribution in [0.5, 0.6) is 0 Å². The lowest BCUT2D eigenvalue weighted by Crippen LogP contribution is -2.53. The smallest absolute Gasteiger partial charge is 0.227 e. The first-order valence-electron chi connectivity index (χ1n) is 5.19. The van der Waals surface area contributed by atoms with Gasteiger partial charge in [-0.2, -0.15) is 9.57 Å². The molecule has 0 saturated carbocycles. The number of rotatable bonds is 2. The van der Waals surface area contributed by atoms with Crippen molar-refractivity contribution < 1.29 is 13.2 Å². The van der Waals surface area contributed by atoms with Crippen molar-refractivity contribution in [2.45, 2.75) is 18.9 Å². The van der Waals surface area contributed by atoms with Gasteiger partial charge in [0.25, 0.3) is 0 Å². The third kappa shape index (κ3) is 1.90. The van der Waals surface area contributed by atoms with Crippen LogP contribution in [0.2, 0.25) is 0 Å². The molecule has 1 atom stereocenters. The third-order valence-corrected chi connectivity index (χ3v) is 4.71. The summed E-state index contributed by atoms with van der Waals surface area (Å²) in [7, 11) is -3.46. The van der Waals surface area contributed by atoms with E-state index in [1.807, 2.05) is 0 Å². The molecule has 2 aliphatic rings. The van der Waals surface area contributed by atoms with Gasteiger partial charge in [-0.25, -0.2) is 8.42 Å². The van der Waals surface area contributed by atoms with Crippen molar-refractivity contribution in [3.8, 4) is 6.07 Å². The van der Waals surface area contributed by atoms with Crippen molar-refractivity contribution in [2.75, 3.05) is 25.4 Å². The van der Waals surface area contributed by atoms with E-state index in [9.17, 15) is 13.2 Å². The Balaban J connectivity index is 2.08. The normalized spacial score (nSPS) is 26.6. The molecule has 0 radical (unpaired) electrons. The fraction of sp³-hybridized carbons (Fsp3) is 0.778. The van der Waals surface area contributed by atoms with Crippen LogP contribution in [-0.2, 0) is 14.8 Å². The van der Waals surface area contributed by atoms with E-state index < -0.39 is 15.8 Å². The summed E-state index contributed by atoms with van der Waals surface area (Å²) in [5.41, 5.74) is 0. The number of amides is 1. The minimum absolute atomic E-state index is 0.00900. The van der Waals surface area contributed by atoms with Gasteiger partial charge >= 0.3 is 0 Å². The van der Waals surface area contributed by atoms with Crippen LogP contribution in [0, 0.1) is 11.3 Å². The first kappa shape index (κ1) is 11.4. The molecule has 0 aromatic carbocycles. The minimum atomic E-state index is -3.46. The van der Waals surface area contributed by atoms with E-state index in [-0.39, 0.29) is 11.9 Å². The molecular formula is C9H13N3O3S. The third-order valence-electron chi connectivity index (χ3n) is 3.10. The molecular weight excluding hydrogens is 230 g/mol. The topological polar surface area (TPSA) is 81.5 Å². The molecule has 0 aromatic heterocycles. The van der Waals surface area contributed by atoms with Gasteiger partial charge in [-0.1, -0.05) is 0 Å². The number of nitrogens with zero attached hydrogens (tertiary/aromatic N) is 3. The van der Waals surface area contributed by atoms with Crippen molar-refractivity contribution in [3.05, 3.63) is 0 Å². The van der Waals surface area contributed by atoms with Gasteiger partial charge in [-0.05, 0) is 6.42 Å². The molecule has 2 fully saturated rings. The lowest BCUT2D eigenvalue weighted by molar-refractivity contribution is -0.130. The summed E-state index contributed by atoms with van der Waals surface area (Å²) >= 11 is 0. The lowest BCUT2D eigenvalue weighted by atomic mass is 10.2. The molecule has 2 saturated heterocycles. The zero-order chi connectivity index (χ0) is 11.8. The predicted molar refractivity (Wildman–Crippen MR) is 55.7 cm³/mol. The summed E-state index contributed by atoms with van der Waals surface area (Å²) in [6.45, 7) is 1.11. The van der Waals surface area contributed by atoms with Crippen molar-refractivity contribution in [2.24, 2.45) is 0 Å². The lowest BCUT2D eigenvalue weighted by Gasteiger charge is -2.36. The molecule has 2 rings (SSSR count). The second kappa shape index (κ2) is 4.03. The summed E-state index contributed by atoms with van der Waals surface area (Å²) in [6.07, 6.45) is 1.23. The van der Waals surface area contributed by atoms with E-state index in [1.165, 1.54) is 4.31 Å². The first-order valence-corrected chi connectivity index (χ1v) is 6.80. The number of hydrogen-bond donors (Lipinski definition) is 0. The highest BCUT2D eigenvalue weighted by molar-refractivity contribution is 7.89. The maximum Gasteiger partial charge on any atom is 0.227 e. The van der Waals surface area contributed by atoms with E-state index in [4.69, 9.17) is 5.26 Å². The Bertz CT molecular complexity index is 439. The van der Waals surface area contributed by atoms with Crippen LogP contribution in [0.15, 0.2) is 0 Å². The number of fused-ring (bicyclic) bond motifs is 1. The van der Waals surface area contributed by atoms with Crippen LogP contribution in [0.1, 0.15) is 12.8 Å². The van der Waals surface area contributed by atoms with Gasteiger partial charge in [0.2, 0.25) is 15.9 Å². The van der Waals surface area contributed by atoms with Gasteiger partial charge in [-0.3, -0.25) is 4.79 Å². The van der Waals surface area contributed by atoms with Crippen LogP contribution in [0.3, 0.4) is 0 Å². The highest BCUT2D eigenvalue weighted by Gasteiger charge is 2.38. The molecule has 16 heavy (non-hydrogen) atoms. The monoisotopic (exact) mass is 243 g/mol. The quantitative estimate of drug-likeness (QED) is 0.632.